The van der Waals surface area contributed by atoms with E-state index in [4.69, 9.17) is 9.47 Å². The number of carbonyl (C=O) groups excluding carboxylic acids is 2. The highest BCUT2D eigenvalue weighted by Crippen LogP contribution is 2.35. The van der Waals surface area contributed by atoms with Gasteiger partial charge in [0.1, 0.15) is 0 Å². The minimum absolute atomic E-state index is 0.106. The zero-order valence-electron chi connectivity index (χ0n) is 12.6. The van der Waals surface area contributed by atoms with E-state index in [1.54, 1.807) is 0 Å². The fourth-order valence-corrected chi connectivity index (χ4v) is 2.65. The summed E-state index contributed by atoms with van der Waals surface area (Å²) in [6.45, 7) is 9.44. The highest BCUT2D eigenvalue weighted by atomic mass is 16.5. The molecule has 0 aromatic heterocycles. The molecule has 0 aromatic rings. The number of esters is 2. The molecule has 1 aliphatic carbocycles. The fraction of sp³-hybridized carbons (Fsp3) is 0.867. The van der Waals surface area contributed by atoms with Crippen LogP contribution in [0.4, 0.5) is 0 Å². The van der Waals surface area contributed by atoms with E-state index in [0.717, 1.165) is 12.8 Å². The second-order valence-corrected chi connectivity index (χ2v) is 6.18. The summed E-state index contributed by atoms with van der Waals surface area (Å²) in [5.74, 6) is -0.345. The Morgan fingerprint density at radius 1 is 0.842 bits per heavy atom. The van der Waals surface area contributed by atoms with Crippen molar-refractivity contribution in [1.82, 2.24) is 0 Å². The predicted molar refractivity (Wildman–Crippen MR) is 72.5 cm³/mol. The topological polar surface area (TPSA) is 52.6 Å². The summed E-state index contributed by atoms with van der Waals surface area (Å²) in [5, 5.41) is 0. The number of carbonyl (C=O) groups is 2. The Bertz CT molecular complexity index is 292. The number of hydrogen-bond acceptors (Lipinski definition) is 4. The SMILES string of the molecule is CC1CC(C(=O)OC(C)C)CC(C(=O)OC(C)C)C1. The third-order valence-corrected chi connectivity index (χ3v) is 3.31. The van der Waals surface area contributed by atoms with Crippen LogP contribution < -0.4 is 0 Å². The van der Waals surface area contributed by atoms with Crippen LogP contribution in [0.25, 0.3) is 0 Å². The maximum Gasteiger partial charge on any atom is 0.309 e. The van der Waals surface area contributed by atoms with Gasteiger partial charge in [0.05, 0.1) is 24.0 Å². The van der Waals surface area contributed by atoms with E-state index in [0.29, 0.717) is 12.3 Å². The second-order valence-electron chi connectivity index (χ2n) is 6.18. The summed E-state index contributed by atoms with van der Waals surface area (Å²) < 4.78 is 10.5. The quantitative estimate of drug-likeness (QED) is 0.737. The highest BCUT2D eigenvalue weighted by Gasteiger charge is 2.36. The van der Waals surface area contributed by atoms with Gasteiger partial charge in [-0.05, 0) is 52.9 Å². The molecule has 0 aromatic carbocycles. The summed E-state index contributed by atoms with van der Waals surface area (Å²) >= 11 is 0. The van der Waals surface area contributed by atoms with Crippen LogP contribution in [-0.2, 0) is 19.1 Å². The summed E-state index contributed by atoms with van der Waals surface area (Å²) in [7, 11) is 0. The van der Waals surface area contributed by atoms with Crippen molar-refractivity contribution in [2.24, 2.45) is 17.8 Å². The van der Waals surface area contributed by atoms with Crippen molar-refractivity contribution < 1.29 is 19.1 Å². The molecule has 0 N–H and O–H groups in total. The molecule has 0 aliphatic heterocycles. The predicted octanol–water partition coefficient (Wildman–Crippen LogP) is 2.94. The highest BCUT2D eigenvalue weighted by molar-refractivity contribution is 5.76. The Kier molecular flexibility index (Phi) is 5.83. The largest absolute Gasteiger partial charge is 0.463 e. The molecule has 1 aliphatic rings. The molecule has 0 radical (unpaired) electrons. The molecule has 110 valence electrons. The fourth-order valence-electron chi connectivity index (χ4n) is 2.65. The van der Waals surface area contributed by atoms with E-state index in [2.05, 4.69) is 6.92 Å². The molecule has 0 heterocycles. The summed E-state index contributed by atoms with van der Waals surface area (Å²) in [6.07, 6.45) is 1.95. The molecule has 4 heteroatoms. The molecule has 2 unspecified atom stereocenters. The lowest BCUT2D eigenvalue weighted by Crippen LogP contribution is -2.34. The van der Waals surface area contributed by atoms with Crippen molar-refractivity contribution in [3.05, 3.63) is 0 Å². The van der Waals surface area contributed by atoms with Gasteiger partial charge in [-0.1, -0.05) is 6.92 Å². The maximum atomic E-state index is 12.0. The zero-order valence-corrected chi connectivity index (χ0v) is 12.6. The average molecular weight is 270 g/mol. The van der Waals surface area contributed by atoms with E-state index >= 15 is 0 Å². The minimum Gasteiger partial charge on any atom is -0.463 e. The van der Waals surface area contributed by atoms with Crippen LogP contribution in [0.1, 0.15) is 53.9 Å². The number of hydrogen-bond donors (Lipinski definition) is 0. The molecular formula is C15H26O4. The van der Waals surface area contributed by atoms with E-state index in [1.807, 2.05) is 27.7 Å². The Labute approximate surface area is 115 Å². The smallest absolute Gasteiger partial charge is 0.309 e. The first-order valence-electron chi connectivity index (χ1n) is 7.20. The van der Waals surface area contributed by atoms with Gasteiger partial charge in [0.25, 0.3) is 0 Å². The van der Waals surface area contributed by atoms with Crippen LogP contribution in [0.3, 0.4) is 0 Å². The molecule has 0 spiro atoms. The van der Waals surface area contributed by atoms with E-state index in [-0.39, 0.29) is 36.0 Å². The maximum absolute atomic E-state index is 12.0. The first-order valence-corrected chi connectivity index (χ1v) is 7.20. The molecule has 19 heavy (non-hydrogen) atoms. The lowest BCUT2D eigenvalue weighted by molar-refractivity contribution is -0.160. The first-order chi connectivity index (χ1) is 8.79. The first kappa shape index (κ1) is 16.0. The molecule has 2 atom stereocenters. The Morgan fingerprint density at radius 2 is 1.21 bits per heavy atom. The Hall–Kier alpha value is -1.06. The standard InChI is InChI=1S/C15H26O4/c1-9(2)18-14(16)12-6-11(5)7-13(8-12)15(17)19-10(3)4/h9-13H,6-8H2,1-5H3. The number of ether oxygens (including phenoxy) is 2. The van der Waals surface area contributed by atoms with Crippen LogP contribution >= 0.6 is 0 Å². The average Bonchev–Trinajstić information content (AvgIpc) is 2.26. The number of rotatable bonds is 4. The molecule has 1 saturated carbocycles. The van der Waals surface area contributed by atoms with Crippen LogP contribution in [0, 0.1) is 17.8 Å². The van der Waals surface area contributed by atoms with Crippen molar-refractivity contribution >= 4 is 11.9 Å². The van der Waals surface area contributed by atoms with Crippen molar-refractivity contribution in [3.8, 4) is 0 Å². The van der Waals surface area contributed by atoms with Crippen molar-refractivity contribution in [2.75, 3.05) is 0 Å². The van der Waals surface area contributed by atoms with Gasteiger partial charge < -0.3 is 9.47 Å². The van der Waals surface area contributed by atoms with Gasteiger partial charge in [-0.3, -0.25) is 9.59 Å². The third kappa shape index (κ3) is 5.21. The van der Waals surface area contributed by atoms with Gasteiger partial charge in [0.2, 0.25) is 0 Å². The molecule has 1 rings (SSSR count). The van der Waals surface area contributed by atoms with Gasteiger partial charge >= 0.3 is 11.9 Å². The molecule has 4 nitrogen and oxygen atoms in total. The zero-order chi connectivity index (χ0) is 14.6. The molecule has 0 saturated heterocycles. The summed E-state index contributed by atoms with van der Waals surface area (Å²) in [6, 6.07) is 0. The van der Waals surface area contributed by atoms with E-state index in [1.165, 1.54) is 0 Å². The molecule has 0 bridgehead atoms. The summed E-state index contributed by atoms with van der Waals surface area (Å²) in [5.41, 5.74) is 0. The molecule has 0 amide bonds. The van der Waals surface area contributed by atoms with Gasteiger partial charge in [0.15, 0.2) is 0 Å². The van der Waals surface area contributed by atoms with Gasteiger partial charge in [-0.15, -0.1) is 0 Å². The van der Waals surface area contributed by atoms with Crippen LogP contribution in [-0.4, -0.2) is 24.1 Å². The lowest BCUT2D eigenvalue weighted by Gasteiger charge is -2.31. The Balaban J connectivity index is 2.62. The second kappa shape index (κ2) is 6.92. The third-order valence-electron chi connectivity index (χ3n) is 3.31. The van der Waals surface area contributed by atoms with Crippen LogP contribution in [0.2, 0.25) is 0 Å². The Morgan fingerprint density at radius 3 is 1.53 bits per heavy atom. The lowest BCUT2D eigenvalue weighted by atomic mass is 9.76. The van der Waals surface area contributed by atoms with Crippen LogP contribution in [0.15, 0.2) is 0 Å². The van der Waals surface area contributed by atoms with E-state index < -0.39 is 0 Å². The van der Waals surface area contributed by atoms with Gasteiger partial charge in [-0.2, -0.15) is 0 Å². The normalized spacial score (nSPS) is 27.4. The monoisotopic (exact) mass is 270 g/mol. The van der Waals surface area contributed by atoms with Crippen LogP contribution in [0.5, 0.6) is 0 Å². The minimum atomic E-state index is -0.177. The van der Waals surface area contributed by atoms with E-state index in [9.17, 15) is 9.59 Å². The molecular weight excluding hydrogens is 244 g/mol. The van der Waals surface area contributed by atoms with Gasteiger partial charge in [-0.25, -0.2) is 0 Å². The summed E-state index contributed by atoms with van der Waals surface area (Å²) in [4.78, 5) is 23.9. The van der Waals surface area contributed by atoms with Gasteiger partial charge in [0, 0.05) is 0 Å². The molecule has 1 fully saturated rings. The van der Waals surface area contributed by atoms with Crippen molar-refractivity contribution in [3.63, 3.8) is 0 Å². The van der Waals surface area contributed by atoms with Crippen molar-refractivity contribution in [2.45, 2.75) is 66.1 Å². The van der Waals surface area contributed by atoms with Crippen molar-refractivity contribution in [1.29, 1.82) is 0 Å².